The Labute approximate surface area is 163 Å². The predicted octanol–water partition coefficient (Wildman–Crippen LogP) is 1.91. The first kappa shape index (κ1) is 18.9. The van der Waals surface area contributed by atoms with Gasteiger partial charge < -0.3 is 9.64 Å². The zero-order valence-electron chi connectivity index (χ0n) is 15.8. The van der Waals surface area contributed by atoms with E-state index in [1.54, 1.807) is 12.4 Å². The van der Waals surface area contributed by atoms with Gasteiger partial charge in [-0.25, -0.2) is 4.68 Å². The van der Waals surface area contributed by atoms with Gasteiger partial charge >= 0.3 is 0 Å². The van der Waals surface area contributed by atoms with Crippen LogP contribution in [0.3, 0.4) is 0 Å². The van der Waals surface area contributed by atoms with Gasteiger partial charge in [0.1, 0.15) is 0 Å². The molecule has 1 fully saturated rings. The van der Waals surface area contributed by atoms with Crippen molar-refractivity contribution in [3.63, 3.8) is 0 Å². The smallest absolute Gasteiger partial charge is 0.264 e. The van der Waals surface area contributed by atoms with Gasteiger partial charge in [0.15, 0.2) is 5.82 Å². The molecule has 28 heavy (non-hydrogen) atoms. The standard InChI is InChI=1S/C19H22N4O4S/c1-14-3-5-15(6-4-14)23-18-11-20-8-7-17(18)19(21-23)22-9-10-26-16(12-22)13-27-28(2,24)25/h3-8,11,16H,9-10,12-13H2,1-2H3. The Bertz CT molecular complexity index is 1080. The van der Waals surface area contributed by atoms with Crippen molar-refractivity contribution in [2.24, 2.45) is 0 Å². The van der Waals surface area contributed by atoms with Crippen molar-refractivity contribution in [3.8, 4) is 5.69 Å². The highest BCUT2D eigenvalue weighted by molar-refractivity contribution is 7.85. The van der Waals surface area contributed by atoms with Crippen LogP contribution in [-0.2, 0) is 19.0 Å². The van der Waals surface area contributed by atoms with Crippen molar-refractivity contribution in [1.82, 2.24) is 14.8 Å². The number of nitrogens with zero attached hydrogens (tertiary/aromatic N) is 4. The van der Waals surface area contributed by atoms with Crippen molar-refractivity contribution in [1.29, 1.82) is 0 Å². The summed E-state index contributed by atoms with van der Waals surface area (Å²) in [4.78, 5) is 6.36. The van der Waals surface area contributed by atoms with Crippen molar-refractivity contribution in [3.05, 3.63) is 48.3 Å². The monoisotopic (exact) mass is 402 g/mol. The van der Waals surface area contributed by atoms with Gasteiger partial charge in [0.25, 0.3) is 10.1 Å². The maximum Gasteiger partial charge on any atom is 0.264 e. The third-order valence-corrected chi connectivity index (χ3v) is 5.21. The number of pyridine rings is 1. The average molecular weight is 402 g/mol. The van der Waals surface area contributed by atoms with Gasteiger partial charge in [0.05, 0.1) is 43.0 Å². The topological polar surface area (TPSA) is 86.5 Å². The van der Waals surface area contributed by atoms with E-state index in [1.165, 1.54) is 5.56 Å². The highest BCUT2D eigenvalue weighted by Gasteiger charge is 2.26. The van der Waals surface area contributed by atoms with Gasteiger partial charge in [-0.1, -0.05) is 17.7 Å². The highest BCUT2D eigenvalue weighted by atomic mass is 32.2. The molecule has 0 amide bonds. The van der Waals surface area contributed by atoms with E-state index < -0.39 is 10.1 Å². The summed E-state index contributed by atoms with van der Waals surface area (Å²) in [7, 11) is -3.50. The molecule has 1 aromatic carbocycles. The molecule has 0 aliphatic carbocycles. The van der Waals surface area contributed by atoms with Crippen LogP contribution in [-0.4, -0.2) is 61.8 Å². The van der Waals surface area contributed by atoms with Gasteiger partial charge in [0, 0.05) is 24.7 Å². The number of fused-ring (bicyclic) bond motifs is 1. The van der Waals surface area contributed by atoms with E-state index in [1.807, 2.05) is 41.9 Å². The SMILES string of the molecule is Cc1ccc(-n2nc(N3CCOC(COS(C)(=O)=O)C3)c3ccncc32)cc1. The van der Waals surface area contributed by atoms with E-state index in [9.17, 15) is 8.42 Å². The van der Waals surface area contributed by atoms with Crippen LogP contribution in [0.1, 0.15) is 5.56 Å². The second-order valence-electron chi connectivity index (χ2n) is 6.89. The molecular weight excluding hydrogens is 380 g/mol. The highest BCUT2D eigenvalue weighted by Crippen LogP contribution is 2.29. The Morgan fingerprint density at radius 2 is 2.04 bits per heavy atom. The third kappa shape index (κ3) is 4.01. The summed E-state index contributed by atoms with van der Waals surface area (Å²) >= 11 is 0. The minimum Gasteiger partial charge on any atom is -0.372 e. The maximum absolute atomic E-state index is 11.3. The van der Waals surface area contributed by atoms with Crippen molar-refractivity contribution < 1.29 is 17.3 Å². The summed E-state index contributed by atoms with van der Waals surface area (Å²) in [6, 6.07) is 10.1. The number of hydrogen-bond acceptors (Lipinski definition) is 7. The molecule has 1 unspecified atom stereocenters. The Kier molecular flexibility index (Phi) is 5.05. The van der Waals surface area contributed by atoms with Crippen molar-refractivity contribution in [2.75, 3.05) is 37.5 Å². The van der Waals surface area contributed by atoms with E-state index in [0.29, 0.717) is 19.7 Å². The number of morpholine rings is 1. The normalized spacial score (nSPS) is 17.9. The first-order valence-corrected chi connectivity index (χ1v) is 10.8. The number of benzene rings is 1. The van der Waals surface area contributed by atoms with Crippen LogP contribution in [0.5, 0.6) is 0 Å². The Balaban J connectivity index is 1.66. The van der Waals surface area contributed by atoms with Gasteiger partial charge in [-0.05, 0) is 25.1 Å². The maximum atomic E-state index is 11.3. The van der Waals surface area contributed by atoms with Gasteiger partial charge in [-0.3, -0.25) is 9.17 Å². The predicted molar refractivity (Wildman–Crippen MR) is 106 cm³/mol. The number of hydrogen-bond donors (Lipinski definition) is 0. The molecule has 4 rings (SSSR count). The van der Waals surface area contributed by atoms with E-state index in [4.69, 9.17) is 14.0 Å². The zero-order chi connectivity index (χ0) is 19.7. The van der Waals surface area contributed by atoms with Crippen LogP contribution in [0.25, 0.3) is 16.6 Å². The van der Waals surface area contributed by atoms with E-state index in [2.05, 4.69) is 9.88 Å². The Hall–Kier alpha value is -2.49. The lowest BCUT2D eigenvalue weighted by molar-refractivity contribution is 0.0118. The van der Waals surface area contributed by atoms with Gasteiger partial charge in [-0.15, -0.1) is 5.10 Å². The summed E-state index contributed by atoms with van der Waals surface area (Å²) in [6.07, 6.45) is 4.25. The fraction of sp³-hybridized carbons (Fsp3) is 0.368. The molecule has 1 atom stereocenters. The fourth-order valence-corrected chi connectivity index (χ4v) is 3.67. The molecule has 0 spiro atoms. The molecule has 1 aliphatic rings. The lowest BCUT2D eigenvalue weighted by Crippen LogP contribution is -2.45. The number of rotatable bonds is 5. The number of anilines is 1. The molecule has 9 heteroatoms. The summed E-state index contributed by atoms with van der Waals surface area (Å²) in [5.41, 5.74) is 3.05. The Morgan fingerprint density at radius 3 is 2.79 bits per heavy atom. The molecule has 0 radical (unpaired) electrons. The van der Waals surface area contributed by atoms with Crippen molar-refractivity contribution in [2.45, 2.75) is 13.0 Å². The molecule has 0 N–H and O–H groups in total. The summed E-state index contributed by atoms with van der Waals surface area (Å²) in [5, 5.41) is 5.83. The van der Waals surface area contributed by atoms with Crippen molar-refractivity contribution >= 4 is 26.8 Å². The minimum absolute atomic E-state index is 0.00646. The molecule has 0 bridgehead atoms. The molecule has 2 aromatic heterocycles. The van der Waals surface area contributed by atoms with Crippen LogP contribution in [0.4, 0.5) is 5.82 Å². The first-order valence-electron chi connectivity index (χ1n) is 9.01. The van der Waals surface area contributed by atoms with Gasteiger partial charge in [-0.2, -0.15) is 8.42 Å². The lowest BCUT2D eigenvalue weighted by Gasteiger charge is -2.32. The van der Waals surface area contributed by atoms with E-state index in [-0.39, 0.29) is 12.7 Å². The number of ether oxygens (including phenoxy) is 1. The molecule has 1 aliphatic heterocycles. The van der Waals surface area contributed by atoms with Gasteiger partial charge in [0.2, 0.25) is 0 Å². The first-order chi connectivity index (χ1) is 13.4. The van der Waals surface area contributed by atoms with E-state index in [0.717, 1.165) is 28.7 Å². The summed E-state index contributed by atoms with van der Waals surface area (Å²) < 4.78 is 35.0. The molecule has 0 saturated carbocycles. The molecule has 3 aromatic rings. The quantitative estimate of drug-likeness (QED) is 0.603. The largest absolute Gasteiger partial charge is 0.372 e. The molecular formula is C19H22N4O4S. The van der Waals surface area contributed by atoms with Crippen LogP contribution in [0.2, 0.25) is 0 Å². The molecule has 8 nitrogen and oxygen atoms in total. The summed E-state index contributed by atoms with van der Waals surface area (Å²) in [6.45, 7) is 3.68. The summed E-state index contributed by atoms with van der Waals surface area (Å²) in [5.74, 6) is 0.825. The number of aryl methyl sites for hydroxylation is 1. The van der Waals surface area contributed by atoms with Crippen LogP contribution < -0.4 is 4.90 Å². The third-order valence-electron chi connectivity index (χ3n) is 4.65. The Morgan fingerprint density at radius 1 is 1.25 bits per heavy atom. The molecule has 1 saturated heterocycles. The second kappa shape index (κ2) is 7.50. The van der Waals surface area contributed by atoms with Crippen LogP contribution >= 0.6 is 0 Å². The lowest BCUT2D eigenvalue weighted by atomic mass is 10.2. The fourth-order valence-electron chi connectivity index (χ4n) is 3.27. The van der Waals surface area contributed by atoms with E-state index >= 15 is 0 Å². The van der Waals surface area contributed by atoms with Crippen LogP contribution in [0.15, 0.2) is 42.7 Å². The second-order valence-corrected chi connectivity index (χ2v) is 8.54. The molecule has 148 valence electrons. The number of aromatic nitrogens is 3. The molecule has 3 heterocycles. The minimum atomic E-state index is -3.50. The van der Waals surface area contributed by atoms with Crippen LogP contribution in [0, 0.1) is 6.92 Å². The average Bonchev–Trinajstić information content (AvgIpc) is 3.07. The zero-order valence-corrected chi connectivity index (χ0v) is 16.6.